The molecule has 0 aromatic carbocycles. The number of hydrogen-bond acceptors (Lipinski definition) is 2. The van der Waals surface area contributed by atoms with Gasteiger partial charge in [0.05, 0.1) is 0 Å². The summed E-state index contributed by atoms with van der Waals surface area (Å²) in [5, 5.41) is 0. The molecule has 1 atom stereocenters. The standard InChI is InChI=1S/C17H30N2/c1-3-4-5-6-7-8-9-10-13-17(18)16-12-11-14-19-15(16)2/h11-12,14,17H,3-10,13,18H2,1-2H3. The third-order valence-electron chi connectivity index (χ3n) is 3.82. The van der Waals surface area contributed by atoms with Crippen LogP contribution in [-0.4, -0.2) is 4.98 Å². The molecule has 19 heavy (non-hydrogen) atoms. The molecule has 108 valence electrons. The summed E-state index contributed by atoms with van der Waals surface area (Å²) in [6.07, 6.45) is 13.8. The van der Waals surface area contributed by atoms with Crippen molar-refractivity contribution in [2.45, 2.75) is 77.7 Å². The topological polar surface area (TPSA) is 38.9 Å². The molecule has 1 rings (SSSR count). The van der Waals surface area contributed by atoms with Crippen LogP contribution >= 0.6 is 0 Å². The highest BCUT2D eigenvalue weighted by molar-refractivity contribution is 5.21. The summed E-state index contributed by atoms with van der Waals surface area (Å²) in [5.41, 5.74) is 8.53. The maximum Gasteiger partial charge on any atom is 0.0420 e. The van der Waals surface area contributed by atoms with Crippen molar-refractivity contribution in [2.75, 3.05) is 0 Å². The van der Waals surface area contributed by atoms with Gasteiger partial charge in [-0.1, -0.05) is 64.4 Å². The third-order valence-corrected chi connectivity index (χ3v) is 3.82. The third kappa shape index (κ3) is 6.72. The van der Waals surface area contributed by atoms with Crippen LogP contribution in [-0.2, 0) is 0 Å². The van der Waals surface area contributed by atoms with Gasteiger partial charge in [-0.3, -0.25) is 4.98 Å². The molecule has 2 heteroatoms. The van der Waals surface area contributed by atoms with Crippen LogP contribution in [0.25, 0.3) is 0 Å². The molecule has 0 saturated carbocycles. The second-order valence-corrected chi connectivity index (χ2v) is 5.55. The Balaban J connectivity index is 2.08. The van der Waals surface area contributed by atoms with Gasteiger partial charge in [0.2, 0.25) is 0 Å². The highest BCUT2D eigenvalue weighted by Crippen LogP contribution is 2.19. The number of pyridine rings is 1. The van der Waals surface area contributed by atoms with E-state index < -0.39 is 0 Å². The van der Waals surface area contributed by atoms with Crippen molar-refractivity contribution in [3.8, 4) is 0 Å². The minimum absolute atomic E-state index is 0.161. The van der Waals surface area contributed by atoms with Crippen molar-refractivity contribution in [2.24, 2.45) is 5.73 Å². The van der Waals surface area contributed by atoms with Gasteiger partial charge in [0.1, 0.15) is 0 Å². The van der Waals surface area contributed by atoms with E-state index in [9.17, 15) is 0 Å². The van der Waals surface area contributed by atoms with Crippen LogP contribution in [0.15, 0.2) is 18.3 Å². The number of nitrogens with two attached hydrogens (primary N) is 1. The Kier molecular flexibility index (Phi) is 8.48. The first-order chi connectivity index (χ1) is 9.25. The molecule has 1 aromatic heterocycles. The van der Waals surface area contributed by atoms with Crippen LogP contribution in [0.1, 0.15) is 82.0 Å². The number of unbranched alkanes of at least 4 members (excludes halogenated alkanes) is 7. The van der Waals surface area contributed by atoms with Gasteiger partial charge in [0.25, 0.3) is 0 Å². The lowest BCUT2D eigenvalue weighted by atomic mass is 9.99. The molecule has 0 fully saturated rings. The van der Waals surface area contributed by atoms with E-state index >= 15 is 0 Å². The monoisotopic (exact) mass is 262 g/mol. The maximum absolute atomic E-state index is 6.24. The van der Waals surface area contributed by atoms with Crippen LogP contribution in [0.4, 0.5) is 0 Å². The highest BCUT2D eigenvalue weighted by atomic mass is 14.7. The lowest BCUT2D eigenvalue weighted by Gasteiger charge is -2.13. The summed E-state index contributed by atoms with van der Waals surface area (Å²) in [6.45, 7) is 4.31. The molecule has 1 unspecified atom stereocenters. The SMILES string of the molecule is CCCCCCCCCCC(N)c1cccnc1C. The molecule has 2 N–H and O–H groups in total. The van der Waals surface area contributed by atoms with Crippen LogP contribution < -0.4 is 5.73 Å². The van der Waals surface area contributed by atoms with E-state index in [0.29, 0.717) is 0 Å². The molecule has 0 aliphatic heterocycles. The smallest absolute Gasteiger partial charge is 0.0420 e. The van der Waals surface area contributed by atoms with Crippen LogP contribution in [0, 0.1) is 6.92 Å². The predicted octanol–water partition coefficient (Wildman–Crippen LogP) is 4.92. The predicted molar refractivity (Wildman–Crippen MR) is 83.1 cm³/mol. The average Bonchev–Trinajstić information content (AvgIpc) is 2.42. The van der Waals surface area contributed by atoms with Gasteiger partial charge < -0.3 is 5.73 Å². The molecule has 0 aliphatic carbocycles. The second kappa shape index (κ2) is 9.96. The lowest BCUT2D eigenvalue weighted by molar-refractivity contribution is 0.534. The van der Waals surface area contributed by atoms with Crippen molar-refractivity contribution in [3.05, 3.63) is 29.6 Å². The maximum atomic E-state index is 6.24. The largest absolute Gasteiger partial charge is 0.324 e. The summed E-state index contributed by atoms with van der Waals surface area (Å²) in [7, 11) is 0. The summed E-state index contributed by atoms with van der Waals surface area (Å²) in [4.78, 5) is 4.31. The van der Waals surface area contributed by atoms with Gasteiger partial charge in [0, 0.05) is 17.9 Å². The quantitative estimate of drug-likeness (QED) is 0.608. The van der Waals surface area contributed by atoms with Crippen LogP contribution in [0.3, 0.4) is 0 Å². The molecule has 1 aromatic rings. The zero-order valence-electron chi connectivity index (χ0n) is 12.7. The van der Waals surface area contributed by atoms with E-state index in [-0.39, 0.29) is 6.04 Å². The van der Waals surface area contributed by atoms with Crippen molar-refractivity contribution >= 4 is 0 Å². The van der Waals surface area contributed by atoms with E-state index in [2.05, 4.69) is 18.0 Å². The Morgan fingerprint density at radius 1 is 1.05 bits per heavy atom. The van der Waals surface area contributed by atoms with Crippen molar-refractivity contribution in [3.63, 3.8) is 0 Å². The average molecular weight is 262 g/mol. The first-order valence-corrected chi connectivity index (χ1v) is 7.92. The van der Waals surface area contributed by atoms with Crippen molar-refractivity contribution in [1.82, 2.24) is 4.98 Å². The summed E-state index contributed by atoms with van der Waals surface area (Å²) >= 11 is 0. The minimum Gasteiger partial charge on any atom is -0.324 e. The normalized spacial score (nSPS) is 12.6. The fraction of sp³-hybridized carbons (Fsp3) is 0.706. The van der Waals surface area contributed by atoms with Gasteiger partial charge in [-0.05, 0) is 25.0 Å². The van der Waals surface area contributed by atoms with E-state index in [4.69, 9.17) is 5.73 Å². The molecular weight excluding hydrogens is 232 g/mol. The van der Waals surface area contributed by atoms with E-state index in [1.807, 2.05) is 19.2 Å². The molecule has 0 radical (unpaired) electrons. The highest BCUT2D eigenvalue weighted by Gasteiger charge is 2.08. The summed E-state index contributed by atoms with van der Waals surface area (Å²) in [5.74, 6) is 0. The van der Waals surface area contributed by atoms with Crippen molar-refractivity contribution < 1.29 is 0 Å². The summed E-state index contributed by atoms with van der Waals surface area (Å²) in [6, 6.07) is 4.25. The fourth-order valence-electron chi connectivity index (χ4n) is 2.54. The molecular formula is C17H30N2. The molecule has 0 saturated heterocycles. The second-order valence-electron chi connectivity index (χ2n) is 5.55. The van der Waals surface area contributed by atoms with Crippen LogP contribution in [0.2, 0.25) is 0 Å². The number of rotatable bonds is 10. The van der Waals surface area contributed by atoms with Gasteiger partial charge in [-0.2, -0.15) is 0 Å². The van der Waals surface area contributed by atoms with E-state index in [1.165, 1.54) is 56.9 Å². The Morgan fingerprint density at radius 3 is 2.32 bits per heavy atom. The van der Waals surface area contributed by atoms with Gasteiger partial charge >= 0.3 is 0 Å². The van der Waals surface area contributed by atoms with Gasteiger partial charge in [0.15, 0.2) is 0 Å². The lowest BCUT2D eigenvalue weighted by Crippen LogP contribution is -2.12. The van der Waals surface area contributed by atoms with E-state index in [1.54, 1.807) is 0 Å². The van der Waals surface area contributed by atoms with Gasteiger partial charge in [-0.25, -0.2) is 0 Å². The first-order valence-electron chi connectivity index (χ1n) is 7.92. The molecule has 1 heterocycles. The number of hydrogen-bond donors (Lipinski definition) is 1. The molecule has 2 nitrogen and oxygen atoms in total. The molecule has 0 amide bonds. The molecule has 0 bridgehead atoms. The first kappa shape index (κ1) is 16.2. The number of aryl methyl sites for hydroxylation is 1. The van der Waals surface area contributed by atoms with Gasteiger partial charge in [-0.15, -0.1) is 0 Å². The zero-order valence-corrected chi connectivity index (χ0v) is 12.7. The Labute approximate surface area is 118 Å². The van der Waals surface area contributed by atoms with Crippen molar-refractivity contribution in [1.29, 1.82) is 0 Å². The zero-order chi connectivity index (χ0) is 13.9. The van der Waals surface area contributed by atoms with Crippen LogP contribution in [0.5, 0.6) is 0 Å². The van der Waals surface area contributed by atoms with E-state index in [0.717, 1.165) is 12.1 Å². The fourth-order valence-corrected chi connectivity index (χ4v) is 2.54. The molecule has 0 aliphatic rings. The summed E-state index contributed by atoms with van der Waals surface area (Å²) < 4.78 is 0. The Morgan fingerprint density at radius 2 is 1.68 bits per heavy atom. The Hall–Kier alpha value is -0.890. The molecule has 0 spiro atoms. The number of aromatic nitrogens is 1. The Bertz CT molecular complexity index is 336. The number of nitrogens with zero attached hydrogens (tertiary/aromatic N) is 1. The minimum atomic E-state index is 0.161.